The SMILES string of the molecule is COCCOCCNC(=O)CCCCC=NCCNC(=O)OC[C@@H]1O[C@@H](CO)C(O)[C@@H]1O. The highest BCUT2D eigenvalue weighted by molar-refractivity contribution is 5.75. The van der Waals surface area contributed by atoms with Gasteiger partial charge in [0.15, 0.2) is 0 Å². The predicted octanol–water partition coefficient (Wildman–Crippen LogP) is -1.40. The maximum absolute atomic E-state index is 11.7. The molecule has 12 heteroatoms. The van der Waals surface area contributed by atoms with E-state index in [1.165, 1.54) is 0 Å². The van der Waals surface area contributed by atoms with Crippen LogP contribution in [-0.4, -0.2) is 118 Å². The van der Waals surface area contributed by atoms with Crippen LogP contribution < -0.4 is 10.6 Å². The number of amides is 2. The van der Waals surface area contributed by atoms with Crippen molar-refractivity contribution in [3.63, 3.8) is 0 Å². The van der Waals surface area contributed by atoms with Crippen LogP contribution in [0.5, 0.6) is 0 Å². The molecule has 0 aromatic carbocycles. The van der Waals surface area contributed by atoms with Crippen molar-refractivity contribution in [2.24, 2.45) is 4.99 Å². The summed E-state index contributed by atoms with van der Waals surface area (Å²) in [5.41, 5.74) is 0. The summed E-state index contributed by atoms with van der Waals surface area (Å²) in [4.78, 5) is 27.5. The van der Waals surface area contributed by atoms with E-state index in [1.54, 1.807) is 13.3 Å². The second kappa shape index (κ2) is 17.7. The fraction of sp³-hybridized carbons (Fsp3) is 0.850. The Hall–Kier alpha value is -1.83. The third kappa shape index (κ3) is 12.3. The molecule has 1 aliphatic heterocycles. The molecule has 1 saturated heterocycles. The number of alkyl carbamates (subject to hydrolysis) is 1. The standard InChI is InChI=1S/C20H37N3O9/c1-29-11-12-30-10-9-22-17(25)5-3-2-4-6-21-7-8-23-20(28)31-14-16-19(27)18(26)15(13-24)32-16/h6,15-16,18-19,24,26-27H,2-5,7-14H2,1H3,(H,22,25)(H,23,28)/t15-,16-,18?,19+/m0/s1. The van der Waals surface area contributed by atoms with Crippen LogP contribution in [0.4, 0.5) is 4.79 Å². The topological polar surface area (TPSA) is 168 Å². The van der Waals surface area contributed by atoms with E-state index in [9.17, 15) is 19.8 Å². The van der Waals surface area contributed by atoms with Crippen LogP contribution in [0.2, 0.25) is 0 Å². The minimum Gasteiger partial charge on any atom is -0.447 e. The van der Waals surface area contributed by atoms with Crippen molar-refractivity contribution in [3.8, 4) is 0 Å². The molecular formula is C20H37N3O9. The molecule has 0 saturated carbocycles. The van der Waals surface area contributed by atoms with Gasteiger partial charge in [-0.1, -0.05) is 0 Å². The normalized spacial score (nSPS) is 22.9. The first-order valence-corrected chi connectivity index (χ1v) is 10.8. The molecule has 0 radical (unpaired) electrons. The van der Waals surface area contributed by atoms with Gasteiger partial charge in [-0.2, -0.15) is 0 Å². The van der Waals surface area contributed by atoms with E-state index >= 15 is 0 Å². The predicted molar refractivity (Wildman–Crippen MR) is 115 cm³/mol. The summed E-state index contributed by atoms with van der Waals surface area (Å²) in [6.45, 7) is 1.99. The number of aliphatic hydroxyl groups excluding tert-OH is 3. The maximum atomic E-state index is 11.7. The van der Waals surface area contributed by atoms with Gasteiger partial charge in [0.05, 0.1) is 33.0 Å². The lowest BCUT2D eigenvalue weighted by Crippen LogP contribution is -2.37. The molecule has 0 aromatic rings. The Bertz CT molecular complexity index is 550. The average molecular weight is 464 g/mol. The number of aliphatic hydroxyl groups is 3. The number of hydrogen-bond acceptors (Lipinski definition) is 10. The van der Waals surface area contributed by atoms with Gasteiger partial charge in [0.1, 0.15) is 31.0 Å². The number of nitrogens with zero attached hydrogens (tertiary/aromatic N) is 1. The molecule has 0 aromatic heterocycles. The molecule has 1 unspecified atom stereocenters. The number of methoxy groups -OCH3 is 1. The van der Waals surface area contributed by atoms with E-state index in [4.69, 9.17) is 24.1 Å². The zero-order valence-electron chi connectivity index (χ0n) is 18.6. The Morgan fingerprint density at radius 1 is 1.06 bits per heavy atom. The Morgan fingerprint density at radius 2 is 1.84 bits per heavy atom. The number of nitrogens with one attached hydrogen (secondary N) is 2. The molecular weight excluding hydrogens is 426 g/mol. The van der Waals surface area contributed by atoms with Crippen LogP contribution in [0, 0.1) is 0 Å². The first-order chi connectivity index (χ1) is 15.5. The van der Waals surface area contributed by atoms with Crippen LogP contribution in [0.25, 0.3) is 0 Å². The van der Waals surface area contributed by atoms with Crippen molar-refractivity contribution in [1.29, 1.82) is 0 Å². The van der Waals surface area contributed by atoms with Crippen LogP contribution in [-0.2, 0) is 23.7 Å². The van der Waals surface area contributed by atoms with Crippen molar-refractivity contribution in [2.75, 3.05) is 59.8 Å². The molecule has 186 valence electrons. The first-order valence-electron chi connectivity index (χ1n) is 10.8. The van der Waals surface area contributed by atoms with Crippen LogP contribution >= 0.6 is 0 Å². The zero-order chi connectivity index (χ0) is 23.6. The van der Waals surface area contributed by atoms with E-state index < -0.39 is 37.1 Å². The monoisotopic (exact) mass is 463 g/mol. The lowest BCUT2D eigenvalue weighted by molar-refractivity contribution is -0.121. The van der Waals surface area contributed by atoms with Crippen molar-refractivity contribution in [2.45, 2.75) is 50.1 Å². The molecule has 1 aliphatic rings. The molecule has 32 heavy (non-hydrogen) atoms. The van der Waals surface area contributed by atoms with E-state index in [0.717, 1.165) is 19.3 Å². The first kappa shape index (κ1) is 28.2. The lowest BCUT2D eigenvalue weighted by atomic mass is 10.1. The van der Waals surface area contributed by atoms with E-state index in [0.29, 0.717) is 39.3 Å². The van der Waals surface area contributed by atoms with Crippen molar-refractivity contribution in [1.82, 2.24) is 10.6 Å². The van der Waals surface area contributed by atoms with Gasteiger partial charge in [0.2, 0.25) is 5.91 Å². The van der Waals surface area contributed by atoms with Gasteiger partial charge in [-0.3, -0.25) is 9.79 Å². The van der Waals surface area contributed by atoms with Gasteiger partial charge in [-0.15, -0.1) is 0 Å². The summed E-state index contributed by atoms with van der Waals surface area (Å²) in [6.07, 6.45) is -0.367. The van der Waals surface area contributed by atoms with Crippen molar-refractivity contribution < 1.29 is 43.9 Å². The van der Waals surface area contributed by atoms with Crippen LogP contribution in [0.1, 0.15) is 25.7 Å². The highest BCUT2D eigenvalue weighted by Gasteiger charge is 2.42. The number of carbonyl (C=O) groups is 2. The number of rotatable bonds is 17. The smallest absolute Gasteiger partial charge is 0.407 e. The Morgan fingerprint density at radius 3 is 2.56 bits per heavy atom. The third-order valence-corrected chi connectivity index (χ3v) is 4.65. The largest absolute Gasteiger partial charge is 0.447 e. The summed E-state index contributed by atoms with van der Waals surface area (Å²) >= 11 is 0. The summed E-state index contributed by atoms with van der Waals surface area (Å²) in [7, 11) is 1.60. The number of ether oxygens (including phenoxy) is 4. The van der Waals surface area contributed by atoms with Gasteiger partial charge in [0.25, 0.3) is 0 Å². The molecule has 12 nitrogen and oxygen atoms in total. The van der Waals surface area contributed by atoms with Gasteiger partial charge >= 0.3 is 6.09 Å². The van der Waals surface area contributed by atoms with Crippen molar-refractivity contribution in [3.05, 3.63) is 0 Å². The van der Waals surface area contributed by atoms with E-state index in [2.05, 4.69) is 15.6 Å². The van der Waals surface area contributed by atoms with Gasteiger partial charge in [-0.25, -0.2) is 4.79 Å². The summed E-state index contributed by atoms with van der Waals surface area (Å²) in [6, 6.07) is 0. The lowest BCUT2D eigenvalue weighted by Gasteiger charge is -2.14. The fourth-order valence-corrected chi connectivity index (χ4v) is 2.84. The Balaban J connectivity index is 1.94. The second-order valence-corrected chi connectivity index (χ2v) is 7.19. The van der Waals surface area contributed by atoms with Crippen molar-refractivity contribution >= 4 is 18.2 Å². The third-order valence-electron chi connectivity index (χ3n) is 4.65. The summed E-state index contributed by atoms with van der Waals surface area (Å²) in [5.74, 6) is -0.00286. The quantitative estimate of drug-likeness (QED) is 0.129. The van der Waals surface area contributed by atoms with Crippen LogP contribution in [0.3, 0.4) is 0 Å². The minimum atomic E-state index is -1.23. The molecule has 5 N–H and O–H groups in total. The highest BCUT2D eigenvalue weighted by Crippen LogP contribution is 2.21. The Labute approximate surface area is 188 Å². The molecule has 0 spiro atoms. The molecule has 0 bridgehead atoms. The van der Waals surface area contributed by atoms with E-state index in [-0.39, 0.29) is 19.1 Å². The number of unbranched alkanes of at least 4 members (excludes halogenated alkanes) is 2. The second-order valence-electron chi connectivity index (χ2n) is 7.19. The summed E-state index contributed by atoms with van der Waals surface area (Å²) < 4.78 is 20.3. The van der Waals surface area contributed by atoms with Gasteiger partial charge in [0, 0.05) is 26.6 Å². The highest BCUT2D eigenvalue weighted by atomic mass is 16.6. The minimum absolute atomic E-state index is 0.00286. The fourth-order valence-electron chi connectivity index (χ4n) is 2.84. The molecule has 1 heterocycles. The number of carbonyl (C=O) groups excluding carboxylic acids is 2. The van der Waals surface area contributed by atoms with Gasteiger partial charge in [-0.05, 0) is 25.5 Å². The maximum Gasteiger partial charge on any atom is 0.407 e. The molecule has 1 rings (SSSR count). The molecule has 1 fully saturated rings. The number of aliphatic imine (C=N–C) groups is 1. The summed E-state index contributed by atoms with van der Waals surface area (Å²) in [5, 5.41) is 33.7. The average Bonchev–Trinajstić information content (AvgIpc) is 3.06. The Kier molecular flexibility index (Phi) is 15.6. The molecule has 4 atom stereocenters. The molecule has 2 amide bonds. The van der Waals surface area contributed by atoms with Gasteiger partial charge < -0.3 is 44.9 Å². The number of hydrogen-bond donors (Lipinski definition) is 5. The van der Waals surface area contributed by atoms with E-state index in [1.807, 2.05) is 0 Å². The van der Waals surface area contributed by atoms with Crippen LogP contribution in [0.15, 0.2) is 4.99 Å². The zero-order valence-corrected chi connectivity index (χ0v) is 18.6. The molecule has 0 aliphatic carbocycles.